The lowest BCUT2D eigenvalue weighted by Gasteiger charge is -2.31. The number of hydrogen-bond donors (Lipinski definition) is 2. The van der Waals surface area contributed by atoms with E-state index in [4.69, 9.17) is 5.73 Å². The van der Waals surface area contributed by atoms with Crippen molar-refractivity contribution in [3.63, 3.8) is 0 Å². The molecule has 0 atom stereocenters. The molecule has 0 aromatic heterocycles. The first-order chi connectivity index (χ1) is 9.69. The van der Waals surface area contributed by atoms with Crippen molar-refractivity contribution in [2.75, 3.05) is 25.4 Å². The highest BCUT2D eigenvalue weighted by atomic mass is 16.1. The zero-order valence-corrected chi connectivity index (χ0v) is 12.3. The zero-order valence-electron chi connectivity index (χ0n) is 12.3. The van der Waals surface area contributed by atoms with Gasteiger partial charge in [0.05, 0.1) is 0 Å². The van der Waals surface area contributed by atoms with Crippen LogP contribution in [0.15, 0.2) is 24.3 Å². The van der Waals surface area contributed by atoms with E-state index in [1.165, 1.54) is 5.56 Å². The molecule has 1 fully saturated rings. The monoisotopic (exact) mass is 275 g/mol. The van der Waals surface area contributed by atoms with Crippen molar-refractivity contribution in [3.8, 4) is 0 Å². The van der Waals surface area contributed by atoms with Crippen molar-refractivity contribution in [3.05, 3.63) is 29.8 Å². The van der Waals surface area contributed by atoms with Crippen LogP contribution in [0.3, 0.4) is 0 Å². The molecule has 20 heavy (non-hydrogen) atoms. The van der Waals surface area contributed by atoms with Gasteiger partial charge in [-0.1, -0.05) is 19.1 Å². The quantitative estimate of drug-likeness (QED) is 0.808. The van der Waals surface area contributed by atoms with Crippen LogP contribution >= 0.6 is 0 Å². The van der Waals surface area contributed by atoms with Crippen LogP contribution in [-0.2, 0) is 11.3 Å². The maximum Gasteiger partial charge on any atom is 0.223 e. The van der Waals surface area contributed by atoms with Gasteiger partial charge in [-0.2, -0.15) is 0 Å². The molecule has 3 N–H and O–H groups in total. The predicted molar refractivity (Wildman–Crippen MR) is 82.2 cm³/mol. The molecule has 4 nitrogen and oxygen atoms in total. The highest BCUT2D eigenvalue weighted by Crippen LogP contribution is 2.19. The molecule has 0 unspecified atom stereocenters. The van der Waals surface area contributed by atoms with E-state index in [9.17, 15) is 4.79 Å². The fraction of sp³-hybridized carbons (Fsp3) is 0.562. The van der Waals surface area contributed by atoms with Gasteiger partial charge in [0, 0.05) is 24.7 Å². The fourth-order valence-electron chi connectivity index (χ4n) is 2.70. The van der Waals surface area contributed by atoms with Crippen LogP contribution in [-0.4, -0.2) is 30.4 Å². The van der Waals surface area contributed by atoms with Crippen LogP contribution in [0, 0.1) is 5.92 Å². The van der Waals surface area contributed by atoms with E-state index in [2.05, 4.69) is 23.2 Å². The average Bonchev–Trinajstić information content (AvgIpc) is 2.45. The Morgan fingerprint density at radius 2 is 2.15 bits per heavy atom. The Morgan fingerprint density at radius 1 is 1.40 bits per heavy atom. The number of nitrogens with zero attached hydrogens (tertiary/aromatic N) is 1. The second kappa shape index (κ2) is 7.29. The molecule has 1 amide bonds. The number of anilines is 1. The lowest BCUT2D eigenvalue weighted by molar-refractivity contribution is -0.126. The standard InChI is InChI=1S/C16H25N3O/c1-2-8-18-16(20)14-6-9-19(10-7-14)12-13-4-3-5-15(17)11-13/h3-5,11,14H,2,6-10,12,17H2,1H3,(H,18,20). The number of piperidine rings is 1. The number of carbonyl (C=O) groups excluding carboxylic acids is 1. The van der Waals surface area contributed by atoms with Crippen LogP contribution in [0.4, 0.5) is 5.69 Å². The molecule has 1 aliphatic heterocycles. The molecular formula is C16H25N3O. The Morgan fingerprint density at radius 3 is 2.80 bits per heavy atom. The Kier molecular flexibility index (Phi) is 5.41. The van der Waals surface area contributed by atoms with E-state index < -0.39 is 0 Å². The molecule has 1 saturated heterocycles. The summed E-state index contributed by atoms with van der Waals surface area (Å²) < 4.78 is 0. The minimum Gasteiger partial charge on any atom is -0.399 e. The summed E-state index contributed by atoms with van der Waals surface area (Å²) in [4.78, 5) is 14.3. The van der Waals surface area contributed by atoms with Gasteiger partial charge in [0.2, 0.25) is 5.91 Å². The third-order valence-electron chi connectivity index (χ3n) is 3.86. The molecule has 1 aliphatic rings. The Hall–Kier alpha value is -1.55. The number of nitrogen functional groups attached to an aromatic ring is 1. The van der Waals surface area contributed by atoms with Crippen LogP contribution < -0.4 is 11.1 Å². The van der Waals surface area contributed by atoms with E-state index in [-0.39, 0.29) is 11.8 Å². The number of nitrogens with two attached hydrogens (primary N) is 1. The first kappa shape index (κ1) is 14.9. The molecule has 1 aromatic carbocycles. The van der Waals surface area contributed by atoms with Crippen molar-refractivity contribution in [2.24, 2.45) is 5.92 Å². The number of amides is 1. The first-order valence-corrected chi connectivity index (χ1v) is 7.53. The second-order valence-electron chi connectivity index (χ2n) is 5.59. The maximum absolute atomic E-state index is 11.9. The summed E-state index contributed by atoms with van der Waals surface area (Å²) in [5.41, 5.74) is 7.87. The minimum absolute atomic E-state index is 0.193. The van der Waals surface area contributed by atoms with Gasteiger partial charge in [-0.15, -0.1) is 0 Å². The topological polar surface area (TPSA) is 58.4 Å². The smallest absolute Gasteiger partial charge is 0.223 e. The van der Waals surface area contributed by atoms with Gasteiger partial charge >= 0.3 is 0 Å². The van der Waals surface area contributed by atoms with Gasteiger partial charge in [-0.05, 0) is 50.0 Å². The minimum atomic E-state index is 0.193. The van der Waals surface area contributed by atoms with Gasteiger partial charge < -0.3 is 11.1 Å². The van der Waals surface area contributed by atoms with E-state index in [0.29, 0.717) is 0 Å². The Labute approximate surface area is 121 Å². The number of hydrogen-bond acceptors (Lipinski definition) is 3. The molecule has 0 bridgehead atoms. The molecule has 4 heteroatoms. The largest absolute Gasteiger partial charge is 0.399 e. The summed E-state index contributed by atoms with van der Waals surface area (Å²) in [5.74, 6) is 0.425. The highest BCUT2D eigenvalue weighted by molar-refractivity contribution is 5.78. The third-order valence-corrected chi connectivity index (χ3v) is 3.86. The van der Waals surface area contributed by atoms with Crippen LogP contribution in [0.5, 0.6) is 0 Å². The van der Waals surface area contributed by atoms with Gasteiger partial charge in [0.25, 0.3) is 0 Å². The Bertz CT molecular complexity index is 439. The number of likely N-dealkylation sites (tertiary alicyclic amines) is 1. The first-order valence-electron chi connectivity index (χ1n) is 7.53. The van der Waals surface area contributed by atoms with Gasteiger partial charge in [-0.25, -0.2) is 0 Å². The van der Waals surface area contributed by atoms with Gasteiger partial charge in [0.15, 0.2) is 0 Å². The second-order valence-corrected chi connectivity index (χ2v) is 5.59. The van der Waals surface area contributed by atoms with Crippen molar-refractivity contribution in [1.82, 2.24) is 10.2 Å². The number of nitrogens with one attached hydrogen (secondary N) is 1. The normalized spacial score (nSPS) is 17.1. The van der Waals surface area contributed by atoms with Crippen molar-refractivity contribution in [1.29, 1.82) is 0 Å². The average molecular weight is 275 g/mol. The molecule has 1 aromatic rings. The molecule has 2 rings (SSSR count). The Balaban J connectivity index is 1.78. The van der Waals surface area contributed by atoms with Crippen molar-refractivity contribution >= 4 is 11.6 Å². The zero-order chi connectivity index (χ0) is 14.4. The van der Waals surface area contributed by atoms with Crippen LogP contribution in [0.25, 0.3) is 0 Å². The molecule has 0 aliphatic carbocycles. The molecule has 0 spiro atoms. The summed E-state index contributed by atoms with van der Waals surface area (Å²) >= 11 is 0. The molecular weight excluding hydrogens is 250 g/mol. The SMILES string of the molecule is CCCNC(=O)C1CCN(Cc2cccc(N)c2)CC1. The molecule has 1 heterocycles. The van der Waals surface area contributed by atoms with E-state index in [1.54, 1.807) is 0 Å². The summed E-state index contributed by atoms with van der Waals surface area (Å²) in [5, 5.41) is 3.00. The van der Waals surface area contributed by atoms with E-state index in [1.807, 2.05) is 18.2 Å². The summed E-state index contributed by atoms with van der Waals surface area (Å²) in [6, 6.07) is 8.04. The van der Waals surface area contributed by atoms with Crippen LogP contribution in [0.2, 0.25) is 0 Å². The number of benzene rings is 1. The summed E-state index contributed by atoms with van der Waals surface area (Å²) in [7, 11) is 0. The van der Waals surface area contributed by atoms with Crippen molar-refractivity contribution < 1.29 is 4.79 Å². The highest BCUT2D eigenvalue weighted by Gasteiger charge is 2.24. The predicted octanol–water partition coefficient (Wildman–Crippen LogP) is 2.01. The summed E-state index contributed by atoms with van der Waals surface area (Å²) in [6.45, 7) is 5.77. The molecule has 0 radical (unpaired) electrons. The lowest BCUT2D eigenvalue weighted by atomic mass is 9.95. The maximum atomic E-state index is 11.9. The van der Waals surface area contributed by atoms with E-state index in [0.717, 1.165) is 51.1 Å². The fourth-order valence-corrected chi connectivity index (χ4v) is 2.70. The number of carbonyl (C=O) groups is 1. The van der Waals surface area contributed by atoms with Crippen molar-refractivity contribution in [2.45, 2.75) is 32.7 Å². The third kappa shape index (κ3) is 4.23. The molecule has 110 valence electrons. The van der Waals surface area contributed by atoms with Crippen LogP contribution in [0.1, 0.15) is 31.7 Å². The lowest BCUT2D eigenvalue weighted by Crippen LogP contribution is -2.40. The number of rotatable bonds is 5. The van der Waals surface area contributed by atoms with Gasteiger partial charge in [-0.3, -0.25) is 9.69 Å². The molecule has 0 saturated carbocycles. The van der Waals surface area contributed by atoms with E-state index >= 15 is 0 Å². The summed E-state index contributed by atoms with van der Waals surface area (Å²) in [6.07, 6.45) is 2.91. The van der Waals surface area contributed by atoms with Gasteiger partial charge in [0.1, 0.15) is 0 Å².